The highest BCUT2D eigenvalue weighted by molar-refractivity contribution is 9.10. The second-order valence-electron chi connectivity index (χ2n) is 2.86. The molecule has 0 aliphatic carbocycles. The van der Waals surface area contributed by atoms with Crippen molar-refractivity contribution in [2.45, 2.75) is 12.8 Å². The molecule has 1 amide bonds. The number of carbonyl (C=O) groups is 1. The van der Waals surface area contributed by atoms with Crippen LogP contribution in [0.4, 0.5) is 0 Å². The number of benzene rings is 1. The van der Waals surface area contributed by atoms with E-state index in [-0.39, 0.29) is 5.91 Å². The molecule has 0 aliphatic heterocycles. The summed E-state index contributed by atoms with van der Waals surface area (Å²) in [6.07, 6.45) is 1.15. The number of nitrogens with one attached hydrogen (secondary N) is 1. The summed E-state index contributed by atoms with van der Waals surface area (Å²) in [6.45, 7) is 0. The van der Waals surface area contributed by atoms with Gasteiger partial charge < -0.3 is 0 Å². The van der Waals surface area contributed by atoms with Gasteiger partial charge in [-0.25, -0.2) is 5.48 Å². The van der Waals surface area contributed by atoms with E-state index >= 15 is 0 Å². The van der Waals surface area contributed by atoms with Gasteiger partial charge in [0, 0.05) is 10.9 Å². The van der Waals surface area contributed by atoms with Crippen LogP contribution < -0.4 is 5.48 Å². The van der Waals surface area contributed by atoms with Crippen LogP contribution in [0, 0.1) is 0 Å². The van der Waals surface area contributed by atoms with Crippen LogP contribution >= 0.6 is 15.9 Å². The maximum absolute atomic E-state index is 11.1. The number of hydrogen-bond donors (Lipinski definition) is 1. The van der Waals surface area contributed by atoms with Crippen molar-refractivity contribution in [1.82, 2.24) is 5.48 Å². The predicted octanol–water partition coefficient (Wildman–Crippen LogP) is 2.06. The molecule has 0 bridgehead atoms. The number of amides is 1. The molecule has 0 radical (unpaired) electrons. The first kappa shape index (κ1) is 11.2. The summed E-state index contributed by atoms with van der Waals surface area (Å²) >= 11 is 3.37. The summed E-state index contributed by atoms with van der Waals surface area (Å²) < 4.78 is 1.03. The van der Waals surface area contributed by atoms with E-state index in [1.807, 2.05) is 24.3 Å². The molecule has 0 atom stereocenters. The Morgan fingerprint density at radius 1 is 1.57 bits per heavy atom. The normalized spacial score (nSPS) is 9.86. The van der Waals surface area contributed by atoms with E-state index < -0.39 is 0 Å². The van der Waals surface area contributed by atoms with Gasteiger partial charge in [0.25, 0.3) is 0 Å². The van der Waals surface area contributed by atoms with Gasteiger partial charge in [0.05, 0.1) is 7.11 Å². The Morgan fingerprint density at radius 2 is 2.36 bits per heavy atom. The highest BCUT2D eigenvalue weighted by Gasteiger charge is 2.01. The third-order valence-corrected chi connectivity index (χ3v) is 2.24. The highest BCUT2D eigenvalue weighted by Crippen LogP contribution is 2.12. The lowest BCUT2D eigenvalue weighted by Crippen LogP contribution is -2.21. The summed E-state index contributed by atoms with van der Waals surface area (Å²) in [7, 11) is 1.43. The molecule has 14 heavy (non-hydrogen) atoms. The van der Waals surface area contributed by atoms with Crippen LogP contribution in [-0.2, 0) is 16.1 Å². The van der Waals surface area contributed by atoms with Crippen LogP contribution in [0.5, 0.6) is 0 Å². The zero-order valence-electron chi connectivity index (χ0n) is 7.92. The Morgan fingerprint density at radius 3 is 3.00 bits per heavy atom. The minimum atomic E-state index is -0.104. The number of rotatable bonds is 4. The van der Waals surface area contributed by atoms with Crippen LogP contribution in [0.25, 0.3) is 0 Å². The van der Waals surface area contributed by atoms with Gasteiger partial charge in [-0.3, -0.25) is 9.63 Å². The second-order valence-corrected chi connectivity index (χ2v) is 3.77. The first-order chi connectivity index (χ1) is 6.72. The fourth-order valence-corrected chi connectivity index (χ4v) is 1.56. The Labute approximate surface area is 91.5 Å². The maximum Gasteiger partial charge on any atom is 0.243 e. The van der Waals surface area contributed by atoms with E-state index in [0.717, 1.165) is 10.0 Å². The van der Waals surface area contributed by atoms with Crippen molar-refractivity contribution in [3.63, 3.8) is 0 Å². The van der Waals surface area contributed by atoms with Crippen molar-refractivity contribution in [2.24, 2.45) is 0 Å². The summed E-state index contributed by atoms with van der Waals surface area (Å²) in [5.41, 5.74) is 3.41. The van der Waals surface area contributed by atoms with E-state index in [0.29, 0.717) is 12.8 Å². The monoisotopic (exact) mass is 257 g/mol. The lowest BCUT2D eigenvalue weighted by molar-refractivity contribution is -0.131. The third kappa shape index (κ3) is 3.89. The van der Waals surface area contributed by atoms with Crippen molar-refractivity contribution in [1.29, 1.82) is 0 Å². The third-order valence-electron chi connectivity index (χ3n) is 1.75. The molecular formula is C10H12BrNO2. The van der Waals surface area contributed by atoms with Gasteiger partial charge in [-0.15, -0.1) is 0 Å². The van der Waals surface area contributed by atoms with Gasteiger partial charge in [-0.05, 0) is 24.1 Å². The van der Waals surface area contributed by atoms with Crippen LogP contribution in [-0.4, -0.2) is 13.0 Å². The number of carbonyl (C=O) groups excluding carboxylic acids is 1. The molecule has 0 aromatic heterocycles. The number of halogens is 1. The molecule has 1 rings (SSSR count). The van der Waals surface area contributed by atoms with Gasteiger partial charge in [-0.2, -0.15) is 0 Å². The quantitative estimate of drug-likeness (QED) is 0.839. The van der Waals surface area contributed by atoms with Crippen molar-refractivity contribution >= 4 is 21.8 Å². The average Bonchev–Trinajstić information content (AvgIpc) is 2.15. The fourth-order valence-electron chi connectivity index (χ4n) is 1.12. The highest BCUT2D eigenvalue weighted by atomic mass is 79.9. The smallest absolute Gasteiger partial charge is 0.243 e. The van der Waals surface area contributed by atoms with E-state index in [1.165, 1.54) is 7.11 Å². The van der Waals surface area contributed by atoms with Gasteiger partial charge in [-0.1, -0.05) is 28.1 Å². The van der Waals surface area contributed by atoms with E-state index in [1.54, 1.807) is 0 Å². The largest absolute Gasteiger partial charge is 0.277 e. The Hall–Kier alpha value is -0.870. The second kappa shape index (κ2) is 5.78. The molecule has 0 saturated heterocycles. The number of aryl methyl sites for hydroxylation is 1. The first-order valence-electron chi connectivity index (χ1n) is 4.28. The van der Waals surface area contributed by atoms with Gasteiger partial charge in [0.2, 0.25) is 5.91 Å². The molecule has 0 heterocycles. The summed E-state index contributed by atoms with van der Waals surface area (Å²) in [5.74, 6) is -0.104. The molecule has 3 nitrogen and oxygen atoms in total. The lowest BCUT2D eigenvalue weighted by atomic mass is 10.1. The van der Waals surface area contributed by atoms with Crippen LogP contribution in [0.3, 0.4) is 0 Å². The van der Waals surface area contributed by atoms with Crippen molar-refractivity contribution in [3.8, 4) is 0 Å². The summed E-state index contributed by atoms with van der Waals surface area (Å²) in [5, 5.41) is 0. The summed E-state index contributed by atoms with van der Waals surface area (Å²) in [6, 6.07) is 7.90. The molecule has 1 aromatic rings. The molecule has 1 N–H and O–H groups in total. The minimum Gasteiger partial charge on any atom is -0.277 e. The van der Waals surface area contributed by atoms with Crippen molar-refractivity contribution in [2.75, 3.05) is 7.11 Å². The molecule has 0 aliphatic rings. The molecule has 0 spiro atoms. The van der Waals surface area contributed by atoms with Gasteiger partial charge >= 0.3 is 0 Å². The Balaban J connectivity index is 2.41. The van der Waals surface area contributed by atoms with Gasteiger partial charge in [0.1, 0.15) is 0 Å². The van der Waals surface area contributed by atoms with Crippen LogP contribution in [0.1, 0.15) is 12.0 Å². The maximum atomic E-state index is 11.1. The van der Waals surface area contributed by atoms with Gasteiger partial charge in [0.15, 0.2) is 0 Å². The average molecular weight is 258 g/mol. The molecule has 0 fully saturated rings. The van der Waals surface area contributed by atoms with E-state index in [4.69, 9.17) is 0 Å². The van der Waals surface area contributed by atoms with E-state index in [2.05, 4.69) is 26.2 Å². The van der Waals surface area contributed by atoms with E-state index in [9.17, 15) is 4.79 Å². The number of hydroxylamine groups is 1. The summed E-state index contributed by atoms with van der Waals surface area (Å²) in [4.78, 5) is 15.6. The predicted molar refractivity (Wildman–Crippen MR) is 57.6 cm³/mol. The molecule has 0 saturated carbocycles. The topological polar surface area (TPSA) is 38.3 Å². The zero-order chi connectivity index (χ0) is 10.4. The fraction of sp³-hybridized carbons (Fsp3) is 0.300. The van der Waals surface area contributed by atoms with Crippen molar-refractivity contribution in [3.05, 3.63) is 34.3 Å². The zero-order valence-corrected chi connectivity index (χ0v) is 9.50. The molecule has 76 valence electrons. The standard InChI is InChI=1S/C10H12BrNO2/c1-14-12-10(13)6-5-8-3-2-4-9(11)7-8/h2-4,7H,5-6H2,1H3,(H,12,13). The molecule has 4 heteroatoms. The lowest BCUT2D eigenvalue weighted by Gasteiger charge is -2.02. The minimum absolute atomic E-state index is 0.104. The first-order valence-corrected chi connectivity index (χ1v) is 5.08. The Bertz CT molecular complexity index is 315. The SMILES string of the molecule is CONC(=O)CCc1cccc(Br)c1. The molecule has 0 unspecified atom stereocenters. The van der Waals surface area contributed by atoms with Crippen LogP contribution in [0.2, 0.25) is 0 Å². The number of hydrogen-bond acceptors (Lipinski definition) is 2. The molecular weight excluding hydrogens is 246 g/mol. The molecule has 1 aromatic carbocycles. The van der Waals surface area contributed by atoms with Crippen LogP contribution in [0.15, 0.2) is 28.7 Å². The Kier molecular flexibility index (Phi) is 4.62. The van der Waals surface area contributed by atoms with Crippen molar-refractivity contribution < 1.29 is 9.63 Å².